The van der Waals surface area contributed by atoms with Crippen molar-refractivity contribution in [1.29, 1.82) is 0 Å². The third kappa shape index (κ3) is 3.01. The van der Waals surface area contributed by atoms with Gasteiger partial charge in [0.1, 0.15) is 17.4 Å². The number of aryl methyl sites for hydroxylation is 1. The molecule has 2 aromatic rings. The molecule has 0 unspecified atom stereocenters. The number of fused-ring (bicyclic) bond motifs is 1. The Labute approximate surface area is 139 Å². The molecule has 0 bridgehead atoms. The predicted molar refractivity (Wildman–Crippen MR) is 89.0 cm³/mol. The molecular formula is C18H21NO5. The molecular weight excluding hydrogens is 310 g/mol. The van der Waals surface area contributed by atoms with Crippen LogP contribution in [0, 0.1) is 6.92 Å². The van der Waals surface area contributed by atoms with E-state index in [4.69, 9.17) is 9.15 Å². The summed E-state index contributed by atoms with van der Waals surface area (Å²) in [4.78, 5) is 26.0. The van der Waals surface area contributed by atoms with Gasteiger partial charge in [-0.25, -0.2) is 4.79 Å². The van der Waals surface area contributed by atoms with Gasteiger partial charge in [-0.2, -0.15) is 0 Å². The van der Waals surface area contributed by atoms with Crippen LogP contribution in [0.4, 0.5) is 0 Å². The molecule has 1 aliphatic rings. The van der Waals surface area contributed by atoms with Gasteiger partial charge in [-0.3, -0.25) is 9.69 Å². The third-order valence-electron chi connectivity index (χ3n) is 4.68. The summed E-state index contributed by atoms with van der Waals surface area (Å²) in [6.07, 6.45) is 2.75. The van der Waals surface area contributed by atoms with Crippen LogP contribution in [-0.4, -0.2) is 35.7 Å². The third-order valence-corrected chi connectivity index (χ3v) is 4.68. The van der Waals surface area contributed by atoms with Gasteiger partial charge in [0.05, 0.1) is 7.11 Å². The highest BCUT2D eigenvalue weighted by Crippen LogP contribution is 2.29. The van der Waals surface area contributed by atoms with Crippen LogP contribution >= 0.6 is 0 Å². The van der Waals surface area contributed by atoms with Crippen molar-refractivity contribution in [2.75, 3.05) is 13.7 Å². The summed E-state index contributed by atoms with van der Waals surface area (Å²) in [5, 5.41) is 10.6. The summed E-state index contributed by atoms with van der Waals surface area (Å²) < 4.78 is 10.2. The minimum atomic E-state index is -0.460. The van der Waals surface area contributed by atoms with Crippen molar-refractivity contribution in [3.8, 4) is 5.75 Å². The van der Waals surface area contributed by atoms with Crippen LogP contribution in [0.2, 0.25) is 0 Å². The van der Waals surface area contributed by atoms with Crippen LogP contribution in [-0.2, 0) is 16.1 Å². The molecule has 0 spiro atoms. The average molecular weight is 331 g/mol. The standard InChI is InChI=1S/C18H21NO5/c1-11-15(20)7-6-13-12(9-16(21)24-17(11)13)10-19-8-4-3-5-14(19)18(22)23-2/h6-7,9,14,20H,3-5,8,10H2,1-2H3/t14-/m0/s1. The fourth-order valence-electron chi connectivity index (χ4n) is 3.35. The molecule has 0 radical (unpaired) electrons. The fourth-order valence-corrected chi connectivity index (χ4v) is 3.35. The number of hydrogen-bond donors (Lipinski definition) is 1. The SMILES string of the molecule is COC(=O)[C@@H]1CCCCN1Cc1cc(=O)oc2c(C)c(O)ccc12. The van der Waals surface area contributed by atoms with Crippen molar-refractivity contribution in [2.45, 2.75) is 38.8 Å². The molecule has 0 saturated carbocycles. The van der Waals surface area contributed by atoms with Crippen LogP contribution < -0.4 is 5.63 Å². The zero-order valence-electron chi connectivity index (χ0n) is 13.9. The van der Waals surface area contributed by atoms with Gasteiger partial charge in [0.25, 0.3) is 0 Å². The van der Waals surface area contributed by atoms with Gasteiger partial charge < -0.3 is 14.3 Å². The van der Waals surface area contributed by atoms with Crippen LogP contribution in [0.25, 0.3) is 11.0 Å². The molecule has 3 rings (SSSR count). The second-order valence-electron chi connectivity index (χ2n) is 6.18. The molecule has 0 amide bonds. The number of hydrogen-bond acceptors (Lipinski definition) is 6. The van der Waals surface area contributed by atoms with Crippen molar-refractivity contribution in [1.82, 2.24) is 4.90 Å². The van der Waals surface area contributed by atoms with E-state index in [0.717, 1.165) is 36.8 Å². The summed E-state index contributed by atoms with van der Waals surface area (Å²) in [7, 11) is 1.40. The van der Waals surface area contributed by atoms with Gasteiger partial charge in [0.2, 0.25) is 0 Å². The van der Waals surface area contributed by atoms with E-state index in [1.807, 2.05) is 4.90 Å². The maximum atomic E-state index is 12.0. The molecule has 24 heavy (non-hydrogen) atoms. The Kier molecular flexibility index (Phi) is 4.57. The highest BCUT2D eigenvalue weighted by molar-refractivity contribution is 5.85. The van der Waals surface area contributed by atoms with Crippen LogP contribution in [0.5, 0.6) is 5.75 Å². The average Bonchev–Trinajstić information content (AvgIpc) is 2.58. The van der Waals surface area contributed by atoms with E-state index in [0.29, 0.717) is 17.7 Å². The van der Waals surface area contributed by atoms with Crippen molar-refractivity contribution < 1.29 is 19.1 Å². The Morgan fingerprint density at radius 2 is 2.21 bits per heavy atom. The van der Waals surface area contributed by atoms with Crippen LogP contribution in [0.1, 0.15) is 30.4 Å². The summed E-state index contributed by atoms with van der Waals surface area (Å²) in [5.74, 6) is -0.149. The molecule has 1 atom stereocenters. The van der Waals surface area contributed by atoms with Gasteiger partial charge in [-0.1, -0.05) is 6.42 Å². The maximum absolute atomic E-state index is 12.0. The quantitative estimate of drug-likeness (QED) is 0.687. The van der Waals surface area contributed by atoms with Gasteiger partial charge in [0, 0.05) is 23.6 Å². The summed E-state index contributed by atoms with van der Waals surface area (Å²) >= 11 is 0. The second kappa shape index (κ2) is 6.65. The number of ether oxygens (including phenoxy) is 1. The molecule has 1 aromatic carbocycles. The number of likely N-dealkylation sites (tertiary alicyclic amines) is 1. The van der Waals surface area contributed by atoms with Gasteiger partial charge in [-0.15, -0.1) is 0 Å². The lowest BCUT2D eigenvalue weighted by atomic mass is 10.00. The number of phenolic OH excluding ortho intramolecular Hbond substituents is 1. The monoisotopic (exact) mass is 331 g/mol. The molecule has 6 heteroatoms. The fraction of sp³-hybridized carbons (Fsp3) is 0.444. The zero-order valence-corrected chi connectivity index (χ0v) is 13.9. The van der Waals surface area contributed by atoms with Crippen molar-refractivity contribution in [3.05, 3.63) is 39.7 Å². The highest BCUT2D eigenvalue weighted by Gasteiger charge is 2.30. The number of piperidine rings is 1. The number of aromatic hydroxyl groups is 1. The number of methoxy groups -OCH3 is 1. The van der Waals surface area contributed by atoms with Gasteiger partial charge >= 0.3 is 11.6 Å². The minimum absolute atomic E-state index is 0.0909. The molecule has 1 aliphatic heterocycles. The number of rotatable bonds is 3. The molecule has 1 aromatic heterocycles. The Bertz CT molecular complexity index is 826. The molecule has 2 heterocycles. The van der Waals surface area contributed by atoms with Crippen LogP contribution in [0.3, 0.4) is 0 Å². The number of carbonyl (C=O) groups excluding carboxylic acids is 1. The molecule has 1 saturated heterocycles. The molecule has 6 nitrogen and oxygen atoms in total. The van der Waals surface area contributed by atoms with Crippen molar-refractivity contribution >= 4 is 16.9 Å². The lowest BCUT2D eigenvalue weighted by Gasteiger charge is -2.33. The van der Waals surface area contributed by atoms with Crippen molar-refractivity contribution in [2.24, 2.45) is 0 Å². The lowest BCUT2D eigenvalue weighted by Crippen LogP contribution is -2.44. The van der Waals surface area contributed by atoms with E-state index < -0.39 is 5.63 Å². The first-order valence-corrected chi connectivity index (χ1v) is 8.08. The summed E-state index contributed by atoms with van der Waals surface area (Å²) in [6, 6.07) is 4.51. The highest BCUT2D eigenvalue weighted by atomic mass is 16.5. The summed E-state index contributed by atoms with van der Waals surface area (Å²) in [6.45, 7) is 2.95. The Balaban J connectivity index is 2.01. The van der Waals surface area contributed by atoms with Crippen molar-refractivity contribution in [3.63, 3.8) is 0 Å². The molecule has 128 valence electrons. The van der Waals surface area contributed by atoms with E-state index in [1.54, 1.807) is 19.1 Å². The Morgan fingerprint density at radius 1 is 1.42 bits per heavy atom. The molecule has 0 aliphatic carbocycles. The number of carbonyl (C=O) groups is 1. The van der Waals surface area contributed by atoms with Gasteiger partial charge in [0.15, 0.2) is 0 Å². The normalized spacial score (nSPS) is 18.7. The van der Waals surface area contributed by atoms with E-state index in [1.165, 1.54) is 13.2 Å². The molecule has 1 N–H and O–H groups in total. The number of phenols is 1. The smallest absolute Gasteiger partial charge is 0.336 e. The van der Waals surface area contributed by atoms with Gasteiger partial charge in [-0.05, 0) is 44.0 Å². The van der Waals surface area contributed by atoms with E-state index in [2.05, 4.69) is 0 Å². The van der Waals surface area contributed by atoms with Crippen LogP contribution in [0.15, 0.2) is 27.4 Å². The maximum Gasteiger partial charge on any atom is 0.336 e. The minimum Gasteiger partial charge on any atom is -0.508 e. The first kappa shape index (κ1) is 16.5. The Morgan fingerprint density at radius 3 is 2.96 bits per heavy atom. The number of nitrogens with zero attached hydrogens (tertiary/aromatic N) is 1. The van der Waals surface area contributed by atoms with E-state index >= 15 is 0 Å². The first-order chi connectivity index (χ1) is 11.5. The Hall–Kier alpha value is -2.34. The summed E-state index contributed by atoms with van der Waals surface area (Å²) in [5.41, 5.74) is 1.26. The number of benzene rings is 1. The topological polar surface area (TPSA) is 80.0 Å². The zero-order chi connectivity index (χ0) is 17.3. The molecule has 1 fully saturated rings. The van der Waals surface area contributed by atoms with E-state index in [9.17, 15) is 14.7 Å². The first-order valence-electron chi connectivity index (χ1n) is 8.08. The van der Waals surface area contributed by atoms with E-state index in [-0.39, 0.29) is 17.8 Å². The second-order valence-corrected chi connectivity index (χ2v) is 6.18. The number of esters is 1. The largest absolute Gasteiger partial charge is 0.508 e. The predicted octanol–water partition coefficient (Wildman–Crippen LogP) is 2.33. The lowest BCUT2D eigenvalue weighted by molar-refractivity contribution is -0.148.